The number of halogens is 2. The fraction of sp³-hybridized carbons (Fsp3) is 0.667. The van der Waals surface area contributed by atoms with Crippen LogP contribution in [0.5, 0.6) is 0 Å². The first-order valence-electron chi connectivity index (χ1n) is 7.32. The topological polar surface area (TPSA) is 41.6 Å². The summed E-state index contributed by atoms with van der Waals surface area (Å²) in [4.78, 5) is 14.6. The molecule has 1 saturated heterocycles. The Balaban J connectivity index is 1.97. The van der Waals surface area contributed by atoms with E-state index in [-0.39, 0.29) is 23.7 Å². The molecule has 2 rings (SSSR count). The standard InChI is InChI=1S/C15H22Cl2N2O2S/c1-9-6-19(7-10(2)21-9)15(3,4)8-18-14(20)11-5-12(16)22-13(11)17/h5,9-10H,6-8H2,1-4H3,(H,18,20). The average Bonchev–Trinajstić information content (AvgIpc) is 2.74. The molecule has 0 spiro atoms. The number of morpholine rings is 1. The van der Waals surface area contributed by atoms with Crippen molar-refractivity contribution < 1.29 is 9.53 Å². The van der Waals surface area contributed by atoms with Crippen LogP contribution < -0.4 is 5.32 Å². The number of carbonyl (C=O) groups excluding carboxylic acids is 1. The van der Waals surface area contributed by atoms with Crippen LogP contribution >= 0.6 is 34.5 Å². The highest BCUT2D eigenvalue weighted by Gasteiger charge is 2.33. The molecule has 0 saturated carbocycles. The van der Waals surface area contributed by atoms with E-state index in [1.165, 1.54) is 11.3 Å². The van der Waals surface area contributed by atoms with Gasteiger partial charge in [0.05, 0.1) is 22.1 Å². The van der Waals surface area contributed by atoms with Gasteiger partial charge in [0, 0.05) is 25.2 Å². The Hall–Kier alpha value is -0.330. The summed E-state index contributed by atoms with van der Waals surface area (Å²) < 4.78 is 6.71. The Bertz CT molecular complexity index is 538. The Morgan fingerprint density at radius 3 is 2.50 bits per heavy atom. The first-order valence-corrected chi connectivity index (χ1v) is 8.90. The number of ether oxygens (including phenoxy) is 1. The van der Waals surface area contributed by atoms with Crippen LogP contribution in [0.4, 0.5) is 0 Å². The van der Waals surface area contributed by atoms with Gasteiger partial charge in [-0.25, -0.2) is 0 Å². The molecule has 1 aliphatic heterocycles. The van der Waals surface area contributed by atoms with E-state index in [9.17, 15) is 4.79 Å². The largest absolute Gasteiger partial charge is 0.373 e. The SMILES string of the molecule is CC1CN(C(C)(C)CNC(=O)c2cc(Cl)sc2Cl)CC(C)O1. The van der Waals surface area contributed by atoms with Crippen molar-refractivity contribution in [1.29, 1.82) is 0 Å². The van der Waals surface area contributed by atoms with Gasteiger partial charge in [0.25, 0.3) is 5.91 Å². The smallest absolute Gasteiger partial charge is 0.253 e. The molecule has 0 aliphatic carbocycles. The first-order chi connectivity index (χ1) is 10.2. The van der Waals surface area contributed by atoms with Crippen LogP contribution in [-0.4, -0.2) is 48.2 Å². The van der Waals surface area contributed by atoms with Crippen molar-refractivity contribution in [1.82, 2.24) is 10.2 Å². The summed E-state index contributed by atoms with van der Waals surface area (Å²) in [7, 11) is 0. The fourth-order valence-corrected chi connectivity index (χ4v) is 4.13. The van der Waals surface area contributed by atoms with Crippen molar-refractivity contribution in [3.05, 3.63) is 20.3 Å². The number of hydrogen-bond acceptors (Lipinski definition) is 4. The summed E-state index contributed by atoms with van der Waals surface area (Å²) in [6, 6.07) is 1.61. The zero-order valence-corrected chi connectivity index (χ0v) is 15.6. The van der Waals surface area contributed by atoms with Gasteiger partial charge in [0.1, 0.15) is 4.34 Å². The summed E-state index contributed by atoms with van der Waals surface area (Å²) in [5.41, 5.74) is 0.282. The summed E-state index contributed by atoms with van der Waals surface area (Å²) in [6.07, 6.45) is 0.396. The Morgan fingerprint density at radius 1 is 1.41 bits per heavy atom. The first kappa shape index (κ1) is 18.0. The van der Waals surface area contributed by atoms with E-state index >= 15 is 0 Å². The monoisotopic (exact) mass is 364 g/mol. The van der Waals surface area contributed by atoms with Crippen LogP contribution in [0.25, 0.3) is 0 Å². The Labute approximate surface area is 145 Å². The highest BCUT2D eigenvalue weighted by Crippen LogP contribution is 2.31. The molecule has 7 heteroatoms. The highest BCUT2D eigenvalue weighted by molar-refractivity contribution is 7.20. The second kappa shape index (κ2) is 7.05. The third-order valence-corrected chi connectivity index (χ3v) is 5.35. The minimum absolute atomic E-state index is 0.158. The van der Waals surface area contributed by atoms with Gasteiger partial charge in [0.2, 0.25) is 0 Å². The Morgan fingerprint density at radius 2 is 2.00 bits per heavy atom. The number of carbonyl (C=O) groups is 1. The molecule has 2 atom stereocenters. The molecule has 0 radical (unpaired) electrons. The molecule has 1 aromatic rings. The van der Waals surface area contributed by atoms with E-state index in [4.69, 9.17) is 27.9 Å². The number of hydrogen-bond donors (Lipinski definition) is 1. The van der Waals surface area contributed by atoms with E-state index in [0.29, 0.717) is 20.8 Å². The maximum absolute atomic E-state index is 12.2. The number of nitrogens with one attached hydrogen (secondary N) is 1. The maximum Gasteiger partial charge on any atom is 0.253 e. The predicted molar refractivity (Wildman–Crippen MR) is 92.3 cm³/mol. The van der Waals surface area contributed by atoms with Gasteiger partial charge in [-0.1, -0.05) is 23.2 Å². The molecule has 2 heterocycles. The fourth-order valence-electron chi connectivity index (χ4n) is 2.67. The van der Waals surface area contributed by atoms with Crippen molar-refractivity contribution in [3.63, 3.8) is 0 Å². The van der Waals surface area contributed by atoms with Gasteiger partial charge >= 0.3 is 0 Å². The van der Waals surface area contributed by atoms with E-state index in [2.05, 4.69) is 37.9 Å². The third kappa shape index (κ3) is 4.36. The zero-order chi connectivity index (χ0) is 16.5. The van der Waals surface area contributed by atoms with Crippen molar-refractivity contribution in [3.8, 4) is 0 Å². The molecule has 4 nitrogen and oxygen atoms in total. The molecule has 2 unspecified atom stereocenters. The van der Waals surface area contributed by atoms with Crippen LogP contribution in [0, 0.1) is 0 Å². The summed E-state index contributed by atoms with van der Waals surface area (Å²) in [6.45, 7) is 10.7. The highest BCUT2D eigenvalue weighted by atomic mass is 35.5. The Kier molecular flexibility index (Phi) is 5.78. The lowest BCUT2D eigenvalue weighted by molar-refractivity contribution is -0.0948. The lowest BCUT2D eigenvalue weighted by Gasteiger charge is -2.45. The van der Waals surface area contributed by atoms with E-state index < -0.39 is 0 Å². The molecule has 1 fully saturated rings. The minimum Gasteiger partial charge on any atom is -0.373 e. The van der Waals surface area contributed by atoms with Gasteiger partial charge in [-0.3, -0.25) is 9.69 Å². The molecule has 0 bridgehead atoms. The quantitative estimate of drug-likeness (QED) is 0.885. The summed E-state index contributed by atoms with van der Waals surface area (Å²) in [5.74, 6) is -0.185. The van der Waals surface area contributed by atoms with Gasteiger partial charge in [-0.15, -0.1) is 11.3 Å². The summed E-state index contributed by atoms with van der Waals surface area (Å²) >= 11 is 13.1. The lowest BCUT2D eigenvalue weighted by Crippen LogP contribution is -2.58. The van der Waals surface area contributed by atoms with Crippen LogP contribution in [-0.2, 0) is 4.74 Å². The second-order valence-electron chi connectivity index (χ2n) is 6.40. The molecule has 1 aliphatic rings. The van der Waals surface area contributed by atoms with Crippen molar-refractivity contribution >= 4 is 40.4 Å². The van der Waals surface area contributed by atoms with Gasteiger partial charge in [-0.2, -0.15) is 0 Å². The van der Waals surface area contributed by atoms with Gasteiger partial charge in [-0.05, 0) is 33.8 Å². The third-order valence-electron chi connectivity index (χ3n) is 3.86. The van der Waals surface area contributed by atoms with Crippen LogP contribution in [0.2, 0.25) is 8.67 Å². The van der Waals surface area contributed by atoms with Gasteiger partial charge < -0.3 is 10.1 Å². The molecule has 1 aromatic heterocycles. The number of thiophene rings is 1. The number of amides is 1. The van der Waals surface area contributed by atoms with Crippen molar-refractivity contribution in [2.24, 2.45) is 0 Å². The van der Waals surface area contributed by atoms with Gasteiger partial charge in [0.15, 0.2) is 0 Å². The average molecular weight is 365 g/mol. The normalized spacial score (nSPS) is 23.5. The summed E-state index contributed by atoms with van der Waals surface area (Å²) in [5, 5.41) is 2.96. The maximum atomic E-state index is 12.2. The van der Waals surface area contributed by atoms with Crippen molar-refractivity contribution in [2.75, 3.05) is 19.6 Å². The van der Waals surface area contributed by atoms with E-state index in [1.54, 1.807) is 6.07 Å². The minimum atomic E-state index is -0.185. The predicted octanol–water partition coefficient (Wildman–Crippen LogP) is 3.67. The van der Waals surface area contributed by atoms with Crippen molar-refractivity contribution in [2.45, 2.75) is 45.4 Å². The van der Waals surface area contributed by atoms with Crippen LogP contribution in [0.15, 0.2) is 6.07 Å². The molecule has 0 aromatic carbocycles. The van der Waals surface area contributed by atoms with E-state index in [0.717, 1.165) is 13.1 Å². The molecule has 1 N–H and O–H groups in total. The molecular formula is C15H22Cl2N2O2S. The van der Waals surface area contributed by atoms with Crippen LogP contribution in [0.3, 0.4) is 0 Å². The molecular weight excluding hydrogens is 343 g/mol. The van der Waals surface area contributed by atoms with E-state index in [1.807, 2.05) is 0 Å². The number of rotatable bonds is 4. The molecule has 1 amide bonds. The zero-order valence-electron chi connectivity index (χ0n) is 13.3. The molecule has 124 valence electrons. The molecule has 22 heavy (non-hydrogen) atoms. The second-order valence-corrected chi connectivity index (χ2v) is 8.68. The lowest BCUT2D eigenvalue weighted by atomic mass is 10.00. The van der Waals surface area contributed by atoms with Crippen LogP contribution in [0.1, 0.15) is 38.1 Å². The number of nitrogens with zero attached hydrogens (tertiary/aromatic N) is 1.